The summed E-state index contributed by atoms with van der Waals surface area (Å²) in [5.41, 5.74) is 1.85. The van der Waals surface area contributed by atoms with Crippen LogP contribution in [0, 0.1) is 0 Å². The van der Waals surface area contributed by atoms with Gasteiger partial charge in [0, 0.05) is 19.9 Å². The number of hydrogen-bond donors (Lipinski definition) is 2. The second-order valence-corrected chi connectivity index (χ2v) is 4.52. The number of benzene rings is 1. The van der Waals surface area contributed by atoms with E-state index in [9.17, 15) is 4.79 Å². The van der Waals surface area contributed by atoms with E-state index in [1.807, 2.05) is 48.5 Å². The summed E-state index contributed by atoms with van der Waals surface area (Å²) in [4.78, 5) is 15.9. The smallest absolute Gasteiger partial charge is 0.315 e. The maximum absolute atomic E-state index is 11.8. The molecule has 0 saturated heterocycles. The molecule has 0 radical (unpaired) electrons. The second kappa shape index (κ2) is 8.01. The van der Waals surface area contributed by atoms with Crippen LogP contribution in [0.5, 0.6) is 0 Å². The molecule has 1 atom stereocenters. The van der Waals surface area contributed by atoms with Gasteiger partial charge >= 0.3 is 6.03 Å². The lowest BCUT2D eigenvalue weighted by atomic mass is 10.1. The van der Waals surface area contributed by atoms with Crippen LogP contribution in [0.4, 0.5) is 4.79 Å². The number of pyridine rings is 1. The van der Waals surface area contributed by atoms with Gasteiger partial charge < -0.3 is 15.4 Å². The largest absolute Gasteiger partial charge is 0.375 e. The highest BCUT2D eigenvalue weighted by molar-refractivity contribution is 5.73. The van der Waals surface area contributed by atoms with Crippen LogP contribution in [0.2, 0.25) is 0 Å². The summed E-state index contributed by atoms with van der Waals surface area (Å²) in [5, 5.41) is 5.56. The molecule has 1 heterocycles. The Bertz CT molecular complexity index is 546. The summed E-state index contributed by atoms with van der Waals surface area (Å²) < 4.78 is 5.39. The first-order valence-corrected chi connectivity index (χ1v) is 6.79. The molecule has 0 fully saturated rings. The molecule has 1 aromatic heterocycles. The average molecular weight is 285 g/mol. The monoisotopic (exact) mass is 285 g/mol. The third-order valence-electron chi connectivity index (χ3n) is 3.06. The molecule has 0 spiro atoms. The number of hydrogen-bond acceptors (Lipinski definition) is 3. The average Bonchev–Trinajstić information content (AvgIpc) is 2.55. The van der Waals surface area contributed by atoms with Crippen molar-refractivity contribution in [3.63, 3.8) is 0 Å². The van der Waals surface area contributed by atoms with Crippen molar-refractivity contribution in [2.24, 2.45) is 0 Å². The zero-order valence-corrected chi connectivity index (χ0v) is 12.0. The van der Waals surface area contributed by atoms with Gasteiger partial charge in [0.15, 0.2) is 0 Å². The highest BCUT2D eigenvalue weighted by Gasteiger charge is 2.11. The molecule has 1 unspecified atom stereocenters. The van der Waals surface area contributed by atoms with Gasteiger partial charge in [-0.1, -0.05) is 36.4 Å². The van der Waals surface area contributed by atoms with Crippen LogP contribution < -0.4 is 10.6 Å². The Kier molecular flexibility index (Phi) is 5.72. The molecule has 0 aliphatic heterocycles. The molecule has 2 amide bonds. The molecule has 1 aromatic carbocycles. The first kappa shape index (κ1) is 15.0. The number of urea groups is 1. The van der Waals surface area contributed by atoms with Crippen LogP contribution >= 0.6 is 0 Å². The van der Waals surface area contributed by atoms with E-state index in [4.69, 9.17) is 4.74 Å². The lowest BCUT2D eigenvalue weighted by Gasteiger charge is -2.16. The second-order valence-electron chi connectivity index (χ2n) is 4.52. The standard InChI is InChI=1S/C16H19N3O2/c1-21-15(13-7-3-2-4-8-13)12-19-16(20)18-11-14-9-5-6-10-17-14/h2-10,15H,11-12H2,1H3,(H2,18,19,20). The number of nitrogens with one attached hydrogen (secondary N) is 2. The predicted molar refractivity (Wildman–Crippen MR) is 80.7 cm³/mol. The number of nitrogens with zero attached hydrogens (tertiary/aromatic N) is 1. The van der Waals surface area contributed by atoms with Gasteiger partial charge in [0.25, 0.3) is 0 Å². The quantitative estimate of drug-likeness (QED) is 0.855. The molecule has 110 valence electrons. The zero-order valence-electron chi connectivity index (χ0n) is 12.0. The third-order valence-corrected chi connectivity index (χ3v) is 3.06. The number of carbonyl (C=O) groups is 1. The first-order valence-electron chi connectivity index (χ1n) is 6.79. The highest BCUT2D eigenvalue weighted by atomic mass is 16.5. The van der Waals surface area contributed by atoms with E-state index in [0.717, 1.165) is 11.3 Å². The van der Waals surface area contributed by atoms with E-state index in [1.54, 1.807) is 13.3 Å². The van der Waals surface area contributed by atoms with Gasteiger partial charge in [-0.2, -0.15) is 0 Å². The number of aromatic nitrogens is 1. The number of rotatable bonds is 6. The van der Waals surface area contributed by atoms with Gasteiger partial charge in [-0.15, -0.1) is 0 Å². The lowest BCUT2D eigenvalue weighted by molar-refractivity contribution is 0.104. The van der Waals surface area contributed by atoms with Crippen molar-refractivity contribution in [3.8, 4) is 0 Å². The predicted octanol–water partition coefficient (Wildman–Crippen LogP) is 2.27. The van der Waals surface area contributed by atoms with Gasteiger partial charge in [0.1, 0.15) is 0 Å². The van der Waals surface area contributed by atoms with Crippen molar-refractivity contribution in [1.82, 2.24) is 15.6 Å². The van der Waals surface area contributed by atoms with E-state index in [2.05, 4.69) is 15.6 Å². The van der Waals surface area contributed by atoms with Crippen LogP contribution in [-0.4, -0.2) is 24.7 Å². The van der Waals surface area contributed by atoms with Crippen molar-refractivity contribution in [1.29, 1.82) is 0 Å². The fraction of sp³-hybridized carbons (Fsp3) is 0.250. The minimum Gasteiger partial charge on any atom is -0.375 e. The Morgan fingerprint density at radius 3 is 2.57 bits per heavy atom. The summed E-state index contributed by atoms with van der Waals surface area (Å²) in [7, 11) is 1.63. The Morgan fingerprint density at radius 2 is 1.90 bits per heavy atom. The van der Waals surface area contributed by atoms with Gasteiger partial charge in [-0.3, -0.25) is 4.98 Å². The van der Waals surface area contributed by atoms with E-state index in [1.165, 1.54) is 0 Å². The minimum absolute atomic E-state index is 0.160. The Labute approximate surface area is 124 Å². The molecule has 0 bridgehead atoms. The third kappa shape index (κ3) is 4.89. The lowest BCUT2D eigenvalue weighted by Crippen LogP contribution is -2.37. The molecule has 5 heteroatoms. The normalized spacial score (nSPS) is 11.7. The van der Waals surface area contributed by atoms with Crippen molar-refractivity contribution < 1.29 is 9.53 Å². The molecule has 5 nitrogen and oxygen atoms in total. The fourth-order valence-electron chi connectivity index (χ4n) is 1.93. The summed E-state index contributed by atoms with van der Waals surface area (Å²) in [6.07, 6.45) is 1.54. The van der Waals surface area contributed by atoms with Crippen LogP contribution in [0.15, 0.2) is 54.7 Å². The van der Waals surface area contributed by atoms with E-state index in [0.29, 0.717) is 13.1 Å². The highest BCUT2D eigenvalue weighted by Crippen LogP contribution is 2.14. The summed E-state index contributed by atoms with van der Waals surface area (Å²) in [5.74, 6) is 0. The molecular weight excluding hydrogens is 266 g/mol. The Hall–Kier alpha value is -2.40. The SMILES string of the molecule is COC(CNC(=O)NCc1ccccn1)c1ccccc1. The molecule has 0 saturated carbocycles. The molecule has 21 heavy (non-hydrogen) atoms. The summed E-state index contributed by atoms with van der Waals surface area (Å²) >= 11 is 0. The number of methoxy groups -OCH3 is 1. The number of carbonyl (C=O) groups excluding carboxylic acids is 1. The van der Waals surface area contributed by atoms with Gasteiger partial charge in [0.2, 0.25) is 0 Å². The molecule has 2 aromatic rings. The maximum atomic E-state index is 11.8. The minimum atomic E-state index is -0.237. The van der Waals surface area contributed by atoms with Crippen LogP contribution in [0.3, 0.4) is 0 Å². The molecule has 0 aliphatic carbocycles. The van der Waals surface area contributed by atoms with Crippen LogP contribution in [0.25, 0.3) is 0 Å². The van der Waals surface area contributed by atoms with Crippen LogP contribution in [-0.2, 0) is 11.3 Å². The Morgan fingerprint density at radius 1 is 1.14 bits per heavy atom. The van der Waals surface area contributed by atoms with Crippen molar-refractivity contribution in [2.45, 2.75) is 12.6 Å². The fourth-order valence-corrected chi connectivity index (χ4v) is 1.93. The first-order chi connectivity index (χ1) is 10.3. The topological polar surface area (TPSA) is 63.2 Å². The zero-order chi connectivity index (χ0) is 14.9. The number of amides is 2. The maximum Gasteiger partial charge on any atom is 0.315 e. The van der Waals surface area contributed by atoms with Crippen LogP contribution in [0.1, 0.15) is 17.4 Å². The molecular formula is C16H19N3O2. The van der Waals surface area contributed by atoms with Gasteiger partial charge in [-0.05, 0) is 17.7 Å². The molecule has 2 rings (SSSR count). The van der Waals surface area contributed by atoms with Crippen molar-refractivity contribution in [3.05, 3.63) is 66.0 Å². The molecule has 2 N–H and O–H groups in total. The Balaban J connectivity index is 1.77. The van der Waals surface area contributed by atoms with E-state index in [-0.39, 0.29) is 12.1 Å². The van der Waals surface area contributed by atoms with Gasteiger partial charge in [0.05, 0.1) is 18.3 Å². The number of ether oxygens (including phenoxy) is 1. The summed E-state index contributed by atoms with van der Waals surface area (Å²) in [6, 6.07) is 15.1. The van der Waals surface area contributed by atoms with Gasteiger partial charge in [-0.25, -0.2) is 4.79 Å². The van der Waals surface area contributed by atoms with E-state index >= 15 is 0 Å². The van der Waals surface area contributed by atoms with Crippen molar-refractivity contribution >= 4 is 6.03 Å². The summed E-state index contributed by atoms with van der Waals surface area (Å²) in [6.45, 7) is 0.810. The molecule has 0 aliphatic rings. The van der Waals surface area contributed by atoms with E-state index < -0.39 is 0 Å². The van der Waals surface area contributed by atoms with Crippen molar-refractivity contribution in [2.75, 3.05) is 13.7 Å².